The third kappa shape index (κ3) is 1.95. The Morgan fingerprint density at radius 1 is 1.25 bits per heavy atom. The van der Waals surface area contributed by atoms with Crippen LogP contribution < -0.4 is 5.32 Å². The number of nitrogens with zero attached hydrogens (tertiary/aromatic N) is 1. The monoisotopic (exact) mass is 342 g/mol. The maximum atomic E-state index is 5.97. The second-order valence-electron chi connectivity index (χ2n) is 8.38. The van der Waals surface area contributed by atoms with Crippen molar-refractivity contribution in [1.82, 2.24) is 10.5 Å². The Bertz CT molecular complexity index is 746. The molecule has 1 spiro atoms. The molecule has 2 atom stereocenters. The minimum atomic E-state index is 0.294. The molecule has 5 fully saturated rings. The summed E-state index contributed by atoms with van der Waals surface area (Å²) in [6.45, 7) is 1.84. The molecule has 2 unspecified atom stereocenters. The number of nitrogens with one attached hydrogen (secondary N) is 1. The summed E-state index contributed by atoms with van der Waals surface area (Å²) in [5.74, 6) is 3.37. The van der Waals surface area contributed by atoms with Crippen LogP contribution in [0.4, 0.5) is 0 Å². The van der Waals surface area contributed by atoms with Gasteiger partial charge in [0.1, 0.15) is 0 Å². The van der Waals surface area contributed by atoms with E-state index in [1.807, 2.05) is 6.07 Å². The lowest BCUT2D eigenvalue weighted by molar-refractivity contribution is -0.0823. The lowest BCUT2D eigenvalue weighted by Crippen LogP contribution is -2.63. The molecule has 126 valence electrons. The Labute approximate surface area is 145 Å². The maximum absolute atomic E-state index is 5.97. The molecular weight excluding hydrogens is 320 g/mol. The predicted octanol–water partition coefficient (Wildman–Crippen LogP) is 3.84. The zero-order valence-electron chi connectivity index (χ0n) is 13.7. The van der Waals surface area contributed by atoms with Crippen molar-refractivity contribution in [2.45, 2.75) is 49.8 Å². The molecule has 1 aliphatic heterocycles. The van der Waals surface area contributed by atoms with E-state index in [1.54, 1.807) is 11.3 Å². The van der Waals surface area contributed by atoms with Gasteiger partial charge in [-0.3, -0.25) is 0 Å². The van der Waals surface area contributed by atoms with Gasteiger partial charge < -0.3 is 14.6 Å². The van der Waals surface area contributed by atoms with Crippen LogP contribution in [0.2, 0.25) is 0 Å². The van der Waals surface area contributed by atoms with E-state index in [9.17, 15) is 0 Å². The van der Waals surface area contributed by atoms with E-state index in [2.05, 4.69) is 28.0 Å². The number of hydrogen-bond acceptors (Lipinski definition) is 5. The summed E-state index contributed by atoms with van der Waals surface area (Å²) >= 11 is 1.69. The zero-order chi connectivity index (χ0) is 15.8. The van der Waals surface area contributed by atoms with Crippen molar-refractivity contribution in [3.05, 3.63) is 29.3 Å². The molecule has 0 aromatic carbocycles. The first kappa shape index (κ1) is 14.0. The van der Waals surface area contributed by atoms with Gasteiger partial charge in [0.25, 0.3) is 0 Å². The second-order valence-corrected chi connectivity index (χ2v) is 9.33. The van der Waals surface area contributed by atoms with E-state index in [0.717, 1.165) is 47.2 Å². The van der Waals surface area contributed by atoms with Crippen molar-refractivity contribution in [2.75, 3.05) is 6.61 Å². The van der Waals surface area contributed by atoms with Crippen LogP contribution in [0.15, 0.2) is 28.1 Å². The average molecular weight is 342 g/mol. The summed E-state index contributed by atoms with van der Waals surface area (Å²) in [5, 5.41) is 10.2. The zero-order valence-corrected chi connectivity index (χ0v) is 14.5. The fraction of sp³-hybridized carbons (Fsp3) is 0.632. The number of rotatable bonds is 4. The summed E-state index contributed by atoms with van der Waals surface area (Å²) < 4.78 is 11.5. The Kier molecular flexibility index (Phi) is 2.76. The van der Waals surface area contributed by atoms with Gasteiger partial charge in [0, 0.05) is 18.2 Å². The van der Waals surface area contributed by atoms with E-state index < -0.39 is 0 Å². The lowest BCUT2D eigenvalue weighted by atomic mass is 9.48. The number of ether oxygens (including phenoxy) is 1. The van der Waals surface area contributed by atoms with Gasteiger partial charge in [-0.1, -0.05) is 11.2 Å². The quantitative estimate of drug-likeness (QED) is 0.858. The van der Waals surface area contributed by atoms with Crippen molar-refractivity contribution in [1.29, 1.82) is 0 Å². The van der Waals surface area contributed by atoms with Crippen molar-refractivity contribution in [2.24, 2.45) is 17.8 Å². The van der Waals surface area contributed by atoms with E-state index in [1.165, 1.54) is 32.1 Å². The van der Waals surface area contributed by atoms with E-state index in [4.69, 9.17) is 9.26 Å². The van der Waals surface area contributed by atoms with Gasteiger partial charge in [0.15, 0.2) is 5.76 Å². The number of hydrogen-bond donors (Lipinski definition) is 1. The molecule has 2 aromatic heterocycles. The van der Waals surface area contributed by atoms with Gasteiger partial charge in [0.2, 0.25) is 0 Å². The molecule has 4 nitrogen and oxygen atoms in total. The van der Waals surface area contributed by atoms with Crippen LogP contribution in [-0.2, 0) is 11.3 Å². The molecule has 7 rings (SSSR count). The van der Waals surface area contributed by atoms with Gasteiger partial charge in [-0.15, -0.1) is 11.3 Å². The van der Waals surface area contributed by atoms with E-state index in [-0.39, 0.29) is 0 Å². The second kappa shape index (κ2) is 4.71. The van der Waals surface area contributed by atoms with Crippen LogP contribution in [0.5, 0.6) is 0 Å². The van der Waals surface area contributed by atoms with Gasteiger partial charge in [-0.25, -0.2) is 0 Å². The van der Waals surface area contributed by atoms with Crippen LogP contribution in [0.3, 0.4) is 0 Å². The van der Waals surface area contributed by atoms with Crippen molar-refractivity contribution < 1.29 is 9.26 Å². The number of thiophene rings is 1. The summed E-state index contributed by atoms with van der Waals surface area (Å²) in [6.07, 6.45) is 6.70. The third-order valence-corrected chi connectivity index (χ3v) is 7.90. The molecule has 4 saturated carbocycles. The minimum Gasteiger partial charge on any atom is -0.369 e. The van der Waals surface area contributed by atoms with Crippen molar-refractivity contribution >= 4 is 11.3 Å². The first-order chi connectivity index (χ1) is 11.7. The molecule has 3 heterocycles. The first-order valence-electron chi connectivity index (χ1n) is 9.13. The molecule has 1 saturated heterocycles. The molecule has 1 N–H and O–H groups in total. The third-order valence-electron chi connectivity index (χ3n) is 7.02. The van der Waals surface area contributed by atoms with Gasteiger partial charge in [-0.05, 0) is 61.3 Å². The van der Waals surface area contributed by atoms with Crippen molar-refractivity contribution in [3.63, 3.8) is 0 Å². The van der Waals surface area contributed by atoms with Crippen LogP contribution in [0.1, 0.15) is 37.8 Å². The smallest absolute Gasteiger partial charge is 0.177 e. The number of epoxide rings is 1. The molecule has 4 aliphatic carbocycles. The van der Waals surface area contributed by atoms with E-state index in [0.29, 0.717) is 11.1 Å². The highest BCUT2D eigenvalue weighted by molar-refractivity contribution is 7.13. The predicted molar refractivity (Wildman–Crippen MR) is 91.6 cm³/mol. The van der Waals surface area contributed by atoms with Crippen LogP contribution in [0, 0.1) is 17.8 Å². The highest BCUT2D eigenvalue weighted by Gasteiger charge is 2.68. The highest BCUT2D eigenvalue weighted by atomic mass is 32.1. The number of aromatic nitrogens is 1. The minimum absolute atomic E-state index is 0.294. The standard InChI is InChI=1S/C19H22N2O2S/c1-2-17(24-3-1)16-6-15(21-23-16)10-20-18-7-12-4-13(8-18)19(11-22-19)14(5-12)9-18/h1-3,6,12-14,20H,4-5,7-11H2. The van der Waals surface area contributed by atoms with Gasteiger partial charge in [-0.2, -0.15) is 0 Å². The molecule has 4 bridgehead atoms. The normalized spacial score (nSPS) is 42.1. The molecule has 2 aromatic rings. The molecule has 0 amide bonds. The first-order valence-corrected chi connectivity index (χ1v) is 10.0. The van der Waals surface area contributed by atoms with Crippen molar-refractivity contribution in [3.8, 4) is 10.6 Å². The van der Waals surface area contributed by atoms with Crippen LogP contribution in [0.25, 0.3) is 10.6 Å². The largest absolute Gasteiger partial charge is 0.369 e. The SMILES string of the molecule is c1csc(-c2cc(CNC34CC5CC(C3)C3(CO3)C(C5)C4)no2)c1. The molecule has 5 aliphatic rings. The van der Waals surface area contributed by atoms with Crippen LogP contribution in [-0.4, -0.2) is 22.9 Å². The fourth-order valence-corrected chi connectivity index (χ4v) is 6.71. The lowest BCUT2D eigenvalue weighted by Gasteiger charge is -2.59. The van der Waals surface area contributed by atoms with E-state index >= 15 is 0 Å². The fourth-order valence-electron chi connectivity index (χ4n) is 6.04. The Balaban J connectivity index is 1.19. The summed E-state index contributed by atoms with van der Waals surface area (Å²) in [6, 6.07) is 6.22. The Morgan fingerprint density at radius 3 is 2.79 bits per heavy atom. The molecule has 24 heavy (non-hydrogen) atoms. The Hall–Kier alpha value is -1.17. The topological polar surface area (TPSA) is 50.6 Å². The van der Waals surface area contributed by atoms with Gasteiger partial charge >= 0.3 is 0 Å². The highest BCUT2D eigenvalue weighted by Crippen LogP contribution is 2.65. The summed E-state index contributed by atoms with van der Waals surface area (Å²) in [5.41, 5.74) is 1.63. The molecule has 0 radical (unpaired) electrons. The van der Waals surface area contributed by atoms with Gasteiger partial charge in [0.05, 0.1) is 22.8 Å². The molecular formula is C19H22N2O2S. The maximum Gasteiger partial charge on any atom is 0.177 e. The Morgan fingerprint density at radius 2 is 2.08 bits per heavy atom. The molecule has 5 heteroatoms. The average Bonchev–Trinajstić information content (AvgIpc) is 2.97. The summed E-state index contributed by atoms with van der Waals surface area (Å²) in [4.78, 5) is 1.15. The summed E-state index contributed by atoms with van der Waals surface area (Å²) in [7, 11) is 0. The van der Waals surface area contributed by atoms with Crippen LogP contribution >= 0.6 is 11.3 Å².